The molecule has 1 fully saturated rings. The normalized spacial score (nSPS) is 14.2. The molecule has 0 amide bonds. The van der Waals surface area contributed by atoms with E-state index in [-0.39, 0.29) is 5.56 Å². The third-order valence-electron chi connectivity index (χ3n) is 3.65. The largest absolute Gasteiger partial charge is 0.489 e. The van der Waals surface area contributed by atoms with Crippen LogP contribution in [0.15, 0.2) is 59.4 Å². The van der Waals surface area contributed by atoms with Crippen LogP contribution in [-0.2, 0) is 11.3 Å². The summed E-state index contributed by atoms with van der Waals surface area (Å²) in [5.41, 5.74) is 2.80. The summed E-state index contributed by atoms with van der Waals surface area (Å²) in [6.45, 7) is 2.52. The van der Waals surface area contributed by atoms with Gasteiger partial charge in [0, 0.05) is 17.8 Å². The number of epoxide rings is 1. The topological polar surface area (TPSA) is 43.8 Å². The second kappa shape index (κ2) is 5.31. The zero-order valence-corrected chi connectivity index (χ0v) is 12.0. The fraction of sp³-hybridized carbons (Fsp3) is 0.167. The van der Waals surface area contributed by atoms with Crippen molar-refractivity contribution in [1.29, 1.82) is 0 Å². The highest BCUT2D eigenvalue weighted by Gasteiger charge is 2.10. The first-order chi connectivity index (χ1) is 10.8. The molecule has 1 saturated heterocycles. The Morgan fingerprint density at radius 3 is 2.59 bits per heavy atom. The summed E-state index contributed by atoms with van der Waals surface area (Å²) in [5, 5.41) is 1.03. The zero-order valence-electron chi connectivity index (χ0n) is 12.0. The average Bonchev–Trinajstić information content (AvgIpc) is 3.41. The van der Waals surface area contributed by atoms with Crippen molar-refractivity contribution < 1.29 is 9.47 Å². The molecule has 2 aliphatic heterocycles. The number of rotatable bonds is 0. The van der Waals surface area contributed by atoms with Crippen LogP contribution in [0.2, 0.25) is 0 Å². The molecule has 0 spiro atoms. The van der Waals surface area contributed by atoms with Gasteiger partial charge in [0.2, 0.25) is 0 Å². The number of benzene rings is 2. The zero-order chi connectivity index (χ0) is 14.9. The van der Waals surface area contributed by atoms with Crippen molar-refractivity contribution in [3.05, 3.63) is 70.5 Å². The molecule has 3 heterocycles. The molecule has 0 saturated carbocycles. The summed E-state index contributed by atoms with van der Waals surface area (Å²) < 4.78 is 12.0. The second-order valence-electron chi connectivity index (χ2n) is 5.30. The van der Waals surface area contributed by atoms with E-state index < -0.39 is 0 Å². The van der Waals surface area contributed by atoms with E-state index in [1.807, 2.05) is 48.5 Å². The highest BCUT2D eigenvalue weighted by Crippen LogP contribution is 2.25. The van der Waals surface area contributed by atoms with Gasteiger partial charge >= 0.3 is 0 Å². The SMILES string of the molecule is C1CO1.O=c1ccc2ccc3cc2n1-c1cccc(c1)CO3. The number of ether oxygens (including phenoxy) is 2. The van der Waals surface area contributed by atoms with Gasteiger partial charge in [-0.2, -0.15) is 0 Å². The van der Waals surface area contributed by atoms with Gasteiger partial charge in [-0.05, 0) is 41.3 Å². The minimum absolute atomic E-state index is 0.0244. The summed E-state index contributed by atoms with van der Waals surface area (Å²) >= 11 is 0. The Bertz CT molecular complexity index is 893. The lowest BCUT2D eigenvalue weighted by Crippen LogP contribution is -2.17. The Hall–Kier alpha value is -2.59. The molecule has 0 N–H and O–H groups in total. The van der Waals surface area contributed by atoms with Crippen molar-refractivity contribution in [3.63, 3.8) is 0 Å². The molecule has 2 aliphatic rings. The predicted octanol–water partition coefficient (Wildman–Crippen LogP) is 2.90. The van der Waals surface area contributed by atoms with Crippen molar-refractivity contribution in [2.24, 2.45) is 0 Å². The molecule has 5 rings (SSSR count). The molecule has 0 unspecified atom stereocenters. The van der Waals surface area contributed by atoms with Gasteiger partial charge in [0.15, 0.2) is 0 Å². The van der Waals surface area contributed by atoms with Gasteiger partial charge in [0.05, 0.1) is 18.7 Å². The molecule has 0 radical (unpaired) electrons. The van der Waals surface area contributed by atoms with Gasteiger partial charge < -0.3 is 9.47 Å². The van der Waals surface area contributed by atoms with Gasteiger partial charge in [-0.25, -0.2) is 0 Å². The minimum atomic E-state index is -0.0244. The molecule has 4 bridgehead atoms. The lowest BCUT2D eigenvalue weighted by molar-refractivity contribution is 0.307. The maximum absolute atomic E-state index is 12.2. The highest BCUT2D eigenvalue weighted by molar-refractivity contribution is 5.82. The van der Waals surface area contributed by atoms with Gasteiger partial charge in [-0.1, -0.05) is 12.1 Å². The average molecular weight is 293 g/mol. The lowest BCUT2D eigenvalue weighted by Gasteiger charge is -2.09. The number of pyridine rings is 1. The van der Waals surface area contributed by atoms with Crippen LogP contribution in [0.5, 0.6) is 5.75 Å². The van der Waals surface area contributed by atoms with Crippen LogP contribution in [0.1, 0.15) is 5.56 Å². The van der Waals surface area contributed by atoms with Crippen LogP contribution >= 0.6 is 0 Å². The monoisotopic (exact) mass is 293 g/mol. The van der Waals surface area contributed by atoms with E-state index in [0.29, 0.717) is 6.61 Å². The smallest absolute Gasteiger partial charge is 0.255 e. The highest BCUT2D eigenvalue weighted by atomic mass is 16.6. The molecule has 110 valence electrons. The van der Waals surface area contributed by atoms with E-state index in [0.717, 1.165) is 41.1 Å². The van der Waals surface area contributed by atoms with E-state index in [9.17, 15) is 4.79 Å². The molecule has 0 atom stereocenters. The van der Waals surface area contributed by atoms with Crippen molar-refractivity contribution in [2.75, 3.05) is 13.2 Å². The fourth-order valence-electron chi connectivity index (χ4n) is 2.52. The molecule has 2 aromatic carbocycles. The summed E-state index contributed by atoms with van der Waals surface area (Å²) in [6, 6.07) is 17.2. The van der Waals surface area contributed by atoms with E-state index in [4.69, 9.17) is 4.74 Å². The maximum atomic E-state index is 12.2. The van der Waals surface area contributed by atoms with Crippen LogP contribution < -0.4 is 10.3 Å². The quantitative estimate of drug-likeness (QED) is 0.599. The minimum Gasteiger partial charge on any atom is -0.489 e. The molecular formula is C18H15NO3. The van der Waals surface area contributed by atoms with Gasteiger partial charge in [-0.15, -0.1) is 0 Å². The van der Waals surface area contributed by atoms with Crippen LogP contribution in [0.4, 0.5) is 0 Å². The van der Waals surface area contributed by atoms with Gasteiger partial charge in [0.1, 0.15) is 12.4 Å². The van der Waals surface area contributed by atoms with Gasteiger partial charge in [-0.3, -0.25) is 9.36 Å². The van der Waals surface area contributed by atoms with Crippen LogP contribution in [0.3, 0.4) is 0 Å². The summed E-state index contributed by atoms with van der Waals surface area (Å²) in [5.74, 6) is 0.786. The summed E-state index contributed by atoms with van der Waals surface area (Å²) in [6.07, 6.45) is 0. The Morgan fingerprint density at radius 2 is 1.77 bits per heavy atom. The molecule has 0 aliphatic carbocycles. The lowest BCUT2D eigenvalue weighted by atomic mass is 10.2. The Balaban J connectivity index is 0.000000375. The predicted molar refractivity (Wildman–Crippen MR) is 84.7 cm³/mol. The molecule has 3 aromatic rings. The molecule has 1 aromatic heterocycles. The Morgan fingerprint density at radius 1 is 0.955 bits per heavy atom. The number of aromatic nitrogens is 1. The Labute approximate surface area is 127 Å². The number of hydrogen-bond acceptors (Lipinski definition) is 3. The molecule has 4 nitrogen and oxygen atoms in total. The first-order valence-electron chi connectivity index (χ1n) is 7.27. The first-order valence-corrected chi connectivity index (χ1v) is 7.27. The van der Waals surface area contributed by atoms with E-state index in [1.54, 1.807) is 10.6 Å². The summed E-state index contributed by atoms with van der Waals surface area (Å²) in [7, 11) is 0. The van der Waals surface area contributed by atoms with Crippen molar-refractivity contribution in [2.45, 2.75) is 6.61 Å². The molecule has 22 heavy (non-hydrogen) atoms. The molecule has 4 heteroatoms. The van der Waals surface area contributed by atoms with Crippen molar-refractivity contribution >= 4 is 10.9 Å². The summed E-state index contributed by atoms with van der Waals surface area (Å²) in [4.78, 5) is 12.2. The van der Waals surface area contributed by atoms with E-state index in [1.165, 1.54) is 0 Å². The van der Waals surface area contributed by atoms with Crippen LogP contribution in [-0.4, -0.2) is 17.8 Å². The number of hydrogen-bond donors (Lipinski definition) is 0. The standard InChI is InChI=1S/C16H11NO2.C2H4O/c18-16-7-5-12-4-6-14-9-15(12)17(16)13-3-1-2-11(8-13)10-19-14;1-2-3-1/h1-9H,10H2;1-2H2. The second-order valence-corrected chi connectivity index (χ2v) is 5.30. The Kier molecular flexibility index (Phi) is 3.16. The van der Waals surface area contributed by atoms with Crippen LogP contribution in [0, 0.1) is 0 Å². The maximum Gasteiger partial charge on any atom is 0.255 e. The third-order valence-corrected chi connectivity index (χ3v) is 3.65. The fourth-order valence-corrected chi connectivity index (χ4v) is 2.52. The third kappa shape index (κ3) is 2.49. The van der Waals surface area contributed by atoms with Crippen LogP contribution in [0.25, 0.3) is 16.6 Å². The van der Waals surface area contributed by atoms with Crippen molar-refractivity contribution in [1.82, 2.24) is 4.57 Å². The number of nitrogens with zero attached hydrogens (tertiary/aromatic N) is 1. The van der Waals surface area contributed by atoms with Crippen molar-refractivity contribution in [3.8, 4) is 11.4 Å². The van der Waals surface area contributed by atoms with E-state index in [2.05, 4.69) is 4.74 Å². The van der Waals surface area contributed by atoms with Gasteiger partial charge in [0.25, 0.3) is 5.56 Å². The van der Waals surface area contributed by atoms with E-state index >= 15 is 0 Å². The first kappa shape index (κ1) is 13.1. The number of fused-ring (bicyclic) bond motifs is 4. The molecular weight excluding hydrogens is 278 g/mol.